The van der Waals surface area contributed by atoms with Crippen LogP contribution in [-0.4, -0.2) is 12.2 Å². The Labute approximate surface area is 132 Å². The van der Waals surface area contributed by atoms with Crippen LogP contribution in [0.2, 0.25) is 0 Å². The van der Waals surface area contributed by atoms with Crippen LogP contribution in [0.5, 0.6) is 11.5 Å². The van der Waals surface area contributed by atoms with Crippen LogP contribution in [0.15, 0.2) is 42.5 Å². The fourth-order valence-corrected chi connectivity index (χ4v) is 2.19. The molecule has 3 heteroatoms. The van der Waals surface area contributed by atoms with E-state index in [4.69, 9.17) is 14.6 Å². The van der Waals surface area contributed by atoms with E-state index in [1.165, 1.54) is 5.56 Å². The maximum atomic E-state index is 9.15. The minimum atomic E-state index is -0.00902. The number of rotatable bonds is 5. The summed E-state index contributed by atoms with van der Waals surface area (Å²) in [6, 6.07) is 13.9. The van der Waals surface area contributed by atoms with Crippen molar-refractivity contribution in [1.82, 2.24) is 0 Å². The van der Waals surface area contributed by atoms with Gasteiger partial charge in [-0.1, -0.05) is 51.1 Å². The average Bonchev–Trinajstić information content (AvgIpc) is 2.52. The number of aliphatic hydroxyl groups is 1. The number of hydrogen-bond acceptors (Lipinski definition) is 3. The van der Waals surface area contributed by atoms with Crippen molar-refractivity contribution in [1.29, 1.82) is 0 Å². The molecule has 0 radical (unpaired) electrons. The van der Waals surface area contributed by atoms with Gasteiger partial charge < -0.3 is 14.6 Å². The molecule has 0 atom stereocenters. The summed E-state index contributed by atoms with van der Waals surface area (Å²) in [5, 5.41) is 9.15. The fourth-order valence-electron chi connectivity index (χ4n) is 2.19. The van der Waals surface area contributed by atoms with E-state index in [2.05, 4.69) is 45.0 Å². The molecule has 0 fully saturated rings. The lowest BCUT2D eigenvalue weighted by Crippen LogP contribution is -2.10. The van der Waals surface area contributed by atoms with Gasteiger partial charge in [-0.15, -0.1) is 0 Å². The molecule has 0 aliphatic rings. The van der Waals surface area contributed by atoms with E-state index in [1.54, 1.807) is 13.2 Å². The van der Waals surface area contributed by atoms with Crippen LogP contribution < -0.4 is 9.47 Å². The molecule has 1 N–H and O–H groups in total. The highest BCUT2D eigenvalue weighted by Gasteiger charge is 2.13. The molecule has 2 aromatic carbocycles. The van der Waals surface area contributed by atoms with Crippen LogP contribution in [-0.2, 0) is 18.6 Å². The lowest BCUT2D eigenvalue weighted by Gasteiger charge is -2.19. The summed E-state index contributed by atoms with van der Waals surface area (Å²) in [6.07, 6.45) is 0. The number of methoxy groups -OCH3 is 1. The zero-order valence-electron chi connectivity index (χ0n) is 13.7. The first-order valence-corrected chi connectivity index (χ1v) is 7.44. The number of ether oxygens (including phenoxy) is 2. The molecule has 0 spiro atoms. The first-order chi connectivity index (χ1) is 10.4. The van der Waals surface area contributed by atoms with Crippen molar-refractivity contribution in [3.63, 3.8) is 0 Å². The van der Waals surface area contributed by atoms with Gasteiger partial charge in [0, 0.05) is 0 Å². The van der Waals surface area contributed by atoms with Gasteiger partial charge in [-0.3, -0.25) is 0 Å². The van der Waals surface area contributed by atoms with Crippen LogP contribution in [0.4, 0.5) is 0 Å². The quantitative estimate of drug-likeness (QED) is 0.905. The smallest absolute Gasteiger partial charge is 0.161 e. The molecule has 0 unspecified atom stereocenters. The largest absolute Gasteiger partial charge is 0.493 e. The Hall–Kier alpha value is -2.00. The number of hydrogen-bond donors (Lipinski definition) is 1. The van der Waals surface area contributed by atoms with Crippen LogP contribution in [0.25, 0.3) is 0 Å². The second-order valence-corrected chi connectivity index (χ2v) is 6.38. The van der Waals surface area contributed by atoms with Crippen molar-refractivity contribution < 1.29 is 14.6 Å². The molecular formula is C19H24O3. The zero-order chi connectivity index (χ0) is 16.2. The topological polar surface area (TPSA) is 38.7 Å². The summed E-state index contributed by atoms with van der Waals surface area (Å²) in [5.74, 6) is 1.32. The Balaban J connectivity index is 2.07. The molecule has 3 nitrogen and oxygen atoms in total. The van der Waals surface area contributed by atoms with Crippen molar-refractivity contribution >= 4 is 0 Å². The third-order valence-electron chi connectivity index (χ3n) is 3.62. The van der Waals surface area contributed by atoms with E-state index in [0.717, 1.165) is 11.1 Å². The molecule has 22 heavy (non-hydrogen) atoms. The van der Waals surface area contributed by atoms with Gasteiger partial charge in [0.2, 0.25) is 0 Å². The van der Waals surface area contributed by atoms with Crippen molar-refractivity contribution in [2.24, 2.45) is 0 Å². The van der Waals surface area contributed by atoms with Gasteiger partial charge in [0.25, 0.3) is 0 Å². The highest BCUT2D eigenvalue weighted by molar-refractivity contribution is 5.43. The second-order valence-electron chi connectivity index (χ2n) is 6.38. The van der Waals surface area contributed by atoms with Gasteiger partial charge in [0.1, 0.15) is 6.61 Å². The van der Waals surface area contributed by atoms with E-state index >= 15 is 0 Å². The zero-order valence-corrected chi connectivity index (χ0v) is 13.7. The molecule has 118 valence electrons. The van der Waals surface area contributed by atoms with Crippen LogP contribution >= 0.6 is 0 Å². The number of benzene rings is 2. The van der Waals surface area contributed by atoms with E-state index in [0.29, 0.717) is 18.1 Å². The summed E-state index contributed by atoms with van der Waals surface area (Å²) in [4.78, 5) is 0. The van der Waals surface area contributed by atoms with Crippen molar-refractivity contribution in [2.75, 3.05) is 7.11 Å². The van der Waals surface area contributed by atoms with Gasteiger partial charge in [-0.25, -0.2) is 0 Å². The monoisotopic (exact) mass is 300 g/mol. The molecule has 0 heterocycles. The molecule has 0 aromatic heterocycles. The minimum Gasteiger partial charge on any atom is -0.493 e. The average molecular weight is 300 g/mol. The molecule has 0 saturated carbocycles. The number of aliphatic hydroxyl groups excluding tert-OH is 1. The maximum absolute atomic E-state index is 9.15. The first kappa shape index (κ1) is 16.4. The van der Waals surface area contributed by atoms with E-state index < -0.39 is 0 Å². The molecular weight excluding hydrogens is 276 g/mol. The van der Waals surface area contributed by atoms with E-state index in [9.17, 15) is 0 Å². The van der Waals surface area contributed by atoms with E-state index in [-0.39, 0.29) is 12.0 Å². The summed E-state index contributed by atoms with van der Waals surface area (Å²) >= 11 is 0. The Bertz CT molecular complexity index is 610. The summed E-state index contributed by atoms with van der Waals surface area (Å²) in [5.41, 5.74) is 3.38. The standard InChI is InChI=1S/C19H24O3/c1-19(2,3)16-8-5-14(6-9-16)13-22-17-10-7-15(12-20)11-18(17)21-4/h5-11,20H,12-13H2,1-4H3. The maximum Gasteiger partial charge on any atom is 0.161 e. The molecule has 2 rings (SSSR count). The summed E-state index contributed by atoms with van der Waals surface area (Å²) in [6.45, 7) is 7.08. The van der Waals surface area contributed by atoms with Crippen LogP contribution in [0, 0.1) is 0 Å². The fraction of sp³-hybridized carbons (Fsp3) is 0.368. The van der Waals surface area contributed by atoms with Crippen molar-refractivity contribution in [3.05, 3.63) is 59.2 Å². The minimum absolute atomic E-state index is 0.00902. The van der Waals surface area contributed by atoms with Gasteiger partial charge in [0.15, 0.2) is 11.5 Å². The third-order valence-corrected chi connectivity index (χ3v) is 3.62. The van der Waals surface area contributed by atoms with Crippen molar-refractivity contribution in [3.8, 4) is 11.5 Å². The van der Waals surface area contributed by atoms with Gasteiger partial charge in [0.05, 0.1) is 13.7 Å². The Kier molecular flexibility index (Phi) is 5.09. The molecule has 0 aliphatic heterocycles. The molecule has 0 bridgehead atoms. The molecule has 0 amide bonds. The Morgan fingerprint density at radius 3 is 2.09 bits per heavy atom. The van der Waals surface area contributed by atoms with Crippen molar-refractivity contribution in [2.45, 2.75) is 39.4 Å². The lowest BCUT2D eigenvalue weighted by atomic mass is 9.87. The molecule has 2 aromatic rings. The van der Waals surface area contributed by atoms with Gasteiger partial charge in [-0.05, 0) is 34.2 Å². The van der Waals surface area contributed by atoms with Crippen LogP contribution in [0.1, 0.15) is 37.5 Å². The summed E-state index contributed by atoms with van der Waals surface area (Å²) in [7, 11) is 1.60. The molecule has 0 aliphatic carbocycles. The predicted molar refractivity (Wildman–Crippen MR) is 88.4 cm³/mol. The first-order valence-electron chi connectivity index (χ1n) is 7.44. The highest BCUT2D eigenvalue weighted by Crippen LogP contribution is 2.29. The second kappa shape index (κ2) is 6.84. The predicted octanol–water partition coefficient (Wildman–Crippen LogP) is 4.06. The Morgan fingerprint density at radius 2 is 1.55 bits per heavy atom. The normalized spacial score (nSPS) is 11.3. The Morgan fingerprint density at radius 1 is 0.909 bits per heavy atom. The highest BCUT2D eigenvalue weighted by atomic mass is 16.5. The molecule has 0 saturated heterocycles. The van der Waals surface area contributed by atoms with Gasteiger partial charge >= 0.3 is 0 Å². The SMILES string of the molecule is COc1cc(CO)ccc1OCc1ccc(C(C)(C)C)cc1. The van der Waals surface area contributed by atoms with E-state index in [1.807, 2.05) is 12.1 Å². The lowest BCUT2D eigenvalue weighted by molar-refractivity contribution is 0.274. The third kappa shape index (κ3) is 4.01. The van der Waals surface area contributed by atoms with Crippen LogP contribution in [0.3, 0.4) is 0 Å². The summed E-state index contributed by atoms with van der Waals surface area (Å²) < 4.78 is 11.1. The van der Waals surface area contributed by atoms with Gasteiger partial charge in [-0.2, -0.15) is 0 Å².